The summed E-state index contributed by atoms with van der Waals surface area (Å²) in [6.07, 6.45) is 0.303. The largest absolute Gasteiger partial charge is 0.416 e. The average molecular weight is 373 g/mol. The SMILES string of the molecule is O=C1C(Cl)=C(NC2CCCCC2)C(=O)N1c1cccc(C(F)(F)F)c1. The number of imide groups is 1. The van der Waals surface area contributed by atoms with E-state index in [9.17, 15) is 22.8 Å². The smallest absolute Gasteiger partial charge is 0.376 e. The van der Waals surface area contributed by atoms with Crippen molar-refractivity contribution in [3.63, 3.8) is 0 Å². The van der Waals surface area contributed by atoms with E-state index in [4.69, 9.17) is 11.6 Å². The Morgan fingerprint density at radius 3 is 2.40 bits per heavy atom. The first kappa shape index (κ1) is 17.8. The molecule has 1 N–H and O–H groups in total. The van der Waals surface area contributed by atoms with E-state index in [2.05, 4.69) is 5.32 Å². The van der Waals surface area contributed by atoms with Crippen LogP contribution in [-0.4, -0.2) is 17.9 Å². The normalized spacial score (nSPS) is 19.8. The van der Waals surface area contributed by atoms with E-state index in [1.54, 1.807) is 0 Å². The number of anilines is 1. The Kier molecular flexibility index (Phi) is 4.77. The molecule has 8 heteroatoms. The van der Waals surface area contributed by atoms with Crippen LogP contribution in [0.25, 0.3) is 0 Å². The molecule has 2 amide bonds. The molecule has 1 fully saturated rings. The molecule has 0 saturated heterocycles. The number of carbonyl (C=O) groups is 2. The highest BCUT2D eigenvalue weighted by Gasteiger charge is 2.40. The number of carbonyl (C=O) groups excluding carboxylic acids is 2. The summed E-state index contributed by atoms with van der Waals surface area (Å²) >= 11 is 6.00. The van der Waals surface area contributed by atoms with Crippen LogP contribution < -0.4 is 10.2 Å². The van der Waals surface area contributed by atoms with Crippen molar-refractivity contribution in [2.75, 3.05) is 4.90 Å². The zero-order valence-electron chi connectivity index (χ0n) is 13.2. The van der Waals surface area contributed by atoms with Crippen LogP contribution in [0.3, 0.4) is 0 Å². The zero-order chi connectivity index (χ0) is 18.2. The van der Waals surface area contributed by atoms with E-state index in [0.29, 0.717) is 4.90 Å². The van der Waals surface area contributed by atoms with Gasteiger partial charge in [-0.05, 0) is 31.0 Å². The fraction of sp³-hybridized carbons (Fsp3) is 0.412. The fourth-order valence-electron chi connectivity index (χ4n) is 3.13. The lowest BCUT2D eigenvalue weighted by Crippen LogP contribution is -2.37. The van der Waals surface area contributed by atoms with Crippen LogP contribution >= 0.6 is 11.6 Å². The van der Waals surface area contributed by atoms with Crippen LogP contribution in [0.5, 0.6) is 0 Å². The van der Waals surface area contributed by atoms with Gasteiger partial charge >= 0.3 is 6.18 Å². The molecule has 134 valence electrons. The maximum absolute atomic E-state index is 12.9. The summed E-state index contributed by atoms with van der Waals surface area (Å²) in [6.45, 7) is 0. The first-order valence-electron chi connectivity index (χ1n) is 8.01. The number of rotatable bonds is 3. The van der Waals surface area contributed by atoms with E-state index in [0.717, 1.165) is 50.3 Å². The number of alkyl halides is 3. The monoisotopic (exact) mass is 372 g/mol. The van der Waals surface area contributed by atoms with Crippen molar-refractivity contribution in [1.82, 2.24) is 5.32 Å². The third-order valence-electron chi connectivity index (χ3n) is 4.41. The Hall–Kier alpha value is -2.02. The molecule has 0 spiro atoms. The number of benzene rings is 1. The van der Waals surface area contributed by atoms with Gasteiger partial charge in [-0.2, -0.15) is 13.2 Å². The van der Waals surface area contributed by atoms with Gasteiger partial charge in [0.15, 0.2) is 0 Å². The molecule has 0 unspecified atom stereocenters. The van der Waals surface area contributed by atoms with E-state index in [1.165, 1.54) is 6.07 Å². The van der Waals surface area contributed by atoms with E-state index < -0.39 is 23.6 Å². The minimum Gasteiger partial charge on any atom is -0.376 e. The topological polar surface area (TPSA) is 49.4 Å². The lowest BCUT2D eigenvalue weighted by Gasteiger charge is -2.24. The molecule has 1 saturated carbocycles. The number of nitrogens with zero attached hydrogens (tertiary/aromatic N) is 1. The molecule has 0 bridgehead atoms. The molecular weight excluding hydrogens is 357 g/mol. The first-order chi connectivity index (χ1) is 11.8. The molecule has 1 aliphatic heterocycles. The Morgan fingerprint density at radius 2 is 1.76 bits per heavy atom. The summed E-state index contributed by atoms with van der Waals surface area (Å²) in [5.41, 5.74) is -1.12. The third-order valence-corrected chi connectivity index (χ3v) is 4.76. The molecule has 1 aromatic carbocycles. The second-order valence-electron chi connectivity index (χ2n) is 6.16. The Bertz CT molecular complexity index is 740. The molecule has 0 atom stereocenters. The third kappa shape index (κ3) is 3.51. The summed E-state index contributed by atoms with van der Waals surface area (Å²) in [4.78, 5) is 25.6. The zero-order valence-corrected chi connectivity index (χ0v) is 14.0. The van der Waals surface area contributed by atoms with Crippen LogP contribution in [0, 0.1) is 0 Å². The van der Waals surface area contributed by atoms with Gasteiger partial charge in [-0.1, -0.05) is 36.9 Å². The Morgan fingerprint density at radius 1 is 1.08 bits per heavy atom. The van der Waals surface area contributed by atoms with Gasteiger partial charge in [0, 0.05) is 6.04 Å². The van der Waals surface area contributed by atoms with Crippen LogP contribution in [0.2, 0.25) is 0 Å². The molecule has 1 heterocycles. The molecule has 2 aliphatic rings. The second-order valence-corrected chi connectivity index (χ2v) is 6.54. The van der Waals surface area contributed by atoms with Crippen LogP contribution in [-0.2, 0) is 15.8 Å². The highest BCUT2D eigenvalue weighted by atomic mass is 35.5. The highest BCUT2D eigenvalue weighted by molar-refractivity contribution is 6.52. The predicted molar refractivity (Wildman–Crippen MR) is 86.8 cm³/mol. The maximum atomic E-state index is 12.9. The van der Waals surface area contributed by atoms with E-state index in [1.807, 2.05) is 0 Å². The lowest BCUT2D eigenvalue weighted by atomic mass is 9.95. The Balaban J connectivity index is 1.85. The molecule has 0 aromatic heterocycles. The van der Waals surface area contributed by atoms with Gasteiger partial charge in [-0.25, -0.2) is 4.90 Å². The van der Waals surface area contributed by atoms with Gasteiger partial charge in [0.25, 0.3) is 11.8 Å². The molecular formula is C17H16ClF3N2O2. The molecule has 1 aromatic rings. The molecule has 0 radical (unpaired) electrons. The highest BCUT2D eigenvalue weighted by Crippen LogP contribution is 2.34. The number of nitrogens with one attached hydrogen (secondary N) is 1. The standard InChI is InChI=1S/C17H16ClF3N2O2/c18-13-14(22-11-6-2-1-3-7-11)16(25)23(15(13)24)12-8-4-5-10(9-12)17(19,20)21/h4-5,8-9,11,22H,1-3,6-7H2. The van der Waals surface area contributed by atoms with Crippen molar-refractivity contribution in [3.8, 4) is 0 Å². The lowest BCUT2D eigenvalue weighted by molar-refractivity contribution is -0.137. The summed E-state index contributed by atoms with van der Waals surface area (Å²) in [7, 11) is 0. The number of hydrogen-bond acceptors (Lipinski definition) is 3. The summed E-state index contributed by atoms with van der Waals surface area (Å²) < 4.78 is 38.6. The summed E-state index contributed by atoms with van der Waals surface area (Å²) in [5.74, 6) is -1.54. The van der Waals surface area contributed by atoms with Crippen molar-refractivity contribution in [2.24, 2.45) is 0 Å². The van der Waals surface area contributed by atoms with Crippen LogP contribution in [0.1, 0.15) is 37.7 Å². The number of amides is 2. The molecule has 4 nitrogen and oxygen atoms in total. The van der Waals surface area contributed by atoms with Crippen molar-refractivity contribution in [2.45, 2.75) is 44.3 Å². The summed E-state index contributed by atoms with van der Waals surface area (Å²) in [6, 6.07) is 4.11. The minimum atomic E-state index is -4.57. The van der Waals surface area contributed by atoms with Gasteiger partial charge in [-0.3, -0.25) is 9.59 Å². The second kappa shape index (κ2) is 6.71. The van der Waals surface area contributed by atoms with Crippen molar-refractivity contribution < 1.29 is 22.8 Å². The van der Waals surface area contributed by atoms with Crippen LogP contribution in [0.15, 0.2) is 35.0 Å². The fourth-order valence-corrected chi connectivity index (χ4v) is 3.35. The quantitative estimate of drug-likeness (QED) is 0.817. The summed E-state index contributed by atoms with van der Waals surface area (Å²) in [5, 5.41) is 2.72. The maximum Gasteiger partial charge on any atom is 0.416 e. The molecule has 1 aliphatic carbocycles. The number of halogens is 4. The van der Waals surface area contributed by atoms with Gasteiger partial charge in [-0.15, -0.1) is 0 Å². The molecule has 25 heavy (non-hydrogen) atoms. The first-order valence-corrected chi connectivity index (χ1v) is 8.39. The van der Waals surface area contributed by atoms with Crippen molar-refractivity contribution >= 4 is 29.1 Å². The van der Waals surface area contributed by atoms with Crippen molar-refractivity contribution in [1.29, 1.82) is 0 Å². The van der Waals surface area contributed by atoms with Crippen molar-refractivity contribution in [3.05, 3.63) is 40.6 Å². The van der Waals surface area contributed by atoms with Gasteiger partial charge in [0.2, 0.25) is 0 Å². The van der Waals surface area contributed by atoms with Gasteiger partial charge in [0.05, 0.1) is 11.3 Å². The predicted octanol–water partition coefficient (Wildman–Crippen LogP) is 3.95. The van der Waals surface area contributed by atoms with E-state index in [-0.39, 0.29) is 22.5 Å². The van der Waals surface area contributed by atoms with Crippen LogP contribution in [0.4, 0.5) is 18.9 Å². The van der Waals surface area contributed by atoms with Gasteiger partial charge in [0.1, 0.15) is 10.7 Å². The average Bonchev–Trinajstić information content (AvgIpc) is 2.79. The molecule has 3 rings (SSSR count). The van der Waals surface area contributed by atoms with Gasteiger partial charge < -0.3 is 5.32 Å². The number of hydrogen-bond donors (Lipinski definition) is 1. The Labute approximate surface area is 147 Å². The minimum absolute atomic E-state index is 0.0315. The van der Waals surface area contributed by atoms with E-state index >= 15 is 0 Å².